The summed E-state index contributed by atoms with van der Waals surface area (Å²) in [6, 6.07) is 3.58. The fraction of sp³-hybridized carbons (Fsp3) is 0.222. The molecule has 0 unspecified atom stereocenters. The van der Waals surface area contributed by atoms with Crippen LogP contribution in [0.2, 0.25) is 0 Å². The molecule has 64 valence electrons. The van der Waals surface area contributed by atoms with Crippen LogP contribution in [0.3, 0.4) is 0 Å². The first-order valence-corrected chi connectivity index (χ1v) is 4.48. The van der Waals surface area contributed by atoms with Crippen molar-refractivity contribution in [2.75, 3.05) is 0 Å². The quantitative estimate of drug-likeness (QED) is 0.745. The highest BCUT2D eigenvalue weighted by molar-refractivity contribution is 9.10. The molecule has 0 aliphatic carbocycles. The molecule has 0 aromatic carbocycles. The number of allylic oxidation sites excluding steroid dienone is 1. The van der Waals surface area contributed by atoms with Gasteiger partial charge in [-0.1, -0.05) is 6.92 Å². The topological polar surface area (TPSA) is 30.2 Å². The monoisotopic (exact) mass is 228 g/mol. The van der Waals surface area contributed by atoms with Crippen LogP contribution in [0.15, 0.2) is 27.3 Å². The standard InChI is InChI=1S/C9H9BrO2/c1-2-7(11)3-4-8-5-6-9(10)12-8/h3-6H,2H2,1H3/b4-3+. The van der Waals surface area contributed by atoms with Crippen molar-refractivity contribution in [1.29, 1.82) is 0 Å². The summed E-state index contributed by atoms with van der Waals surface area (Å²) in [4.78, 5) is 10.9. The average Bonchev–Trinajstić information content (AvgIpc) is 2.47. The van der Waals surface area contributed by atoms with Gasteiger partial charge in [-0.2, -0.15) is 0 Å². The highest BCUT2D eigenvalue weighted by atomic mass is 79.9. The predicted octanol–water partition coefficient (Wildman–Crippen LogP) is 3.03. The fourth-order valence-electron chi connectivity index (χ4n) is 0.711. The van der Waals surface area contributed by atoms with E-state index in [-0.39, 0.29) is 5.78 Å². The van der Waals surface area contributed by atoms with Crippen LogP contribution in [0.25, 0.3) is 6.08 Å². The number of hydrogen-bond donors (Lipinski definition) is 0. The number of carbonyl (C=O) groups is 1. The van der Waals surface area contributed by atoms with Crippen LogP contribution in [0.1, 0.15) is 19.1 Å². The molecule has 0 fully saturated rings. The van der Waals surface area contributed by atoms with E-state index in [1.807, 2.05) is 6.92 Å². The molecule has 1 heterocycles. The number of carbonyl (C=O) groups excluding carboxylic acids is 1. The van der Waals surface area contributed by atoms with E-state index in [1.54, 1.807) is 18.2 Å². The van der Waals surface area contributed by atoms with Crippen molar-refractivity contribution in [1.82, 2.24) is 0 Å². The van der Waals surface area contributed by atoms with E-state index in [1.165, 1.54) is 6.08 Å². The first-order chi connectivity index (χ1) is 5.72. The molecule has 0 N–H and O–H groups in total. The predicted molar refractivity (Wildman–Crippen MR) is 50.7 cm³/mol. The Bertz CT molecular complexity index is 299. The average molecular weight is 229 g/mol. The van der Waals surface area contributed by atoms with Gasteiger partial charge in [0.1, 0.15) is 5.76 Å². The van der Waals surface area contributed by atoms with Crippen molar-refractivity contribution in [3.63, 3.8) is 0 Å². The second kappa shape index (κ2) is 4.26. The van der Waals surface area contributed by atoms with Crippen molar-refractivity contribution in [2.24, 2.45) is 0 Å². The van der Waals surface area contributed by atoms with Gasteiger partial charge in [-0.3, -0.25) is 4.79 Å². The molecule has 0 spiro atoms. The van der Waals surface area contributed by atoms with Crippen LogP contribution in [0, 0.1) is 0 Å². The largest absolute Gasteiger partial charge is 0.450 e. The van der Waals surface area contributed by atoms with E-state index in [0.717, 1.165) is 0 Å². The summed E-state index contributed by atoms with van der Waals surface area (Å²) in [7, 11) is 0. The fourth-order valence-corrected chi connectivity index (χ4v) is 1.03. The molecule has 0 saturated carbocycles. The van der Waals surface area contributed by atoms with Gasteiger partial charge in [0.05, 0.1) is 0 Å². The highest BCUT2D eigenvalue weighted by Crippen LogP contribution is 2.14. The second-order valence-electron chi connectivity index (χ2n) is 2.30. The van der Waals surface area contributed by atoms with Crippen molar-refractivity contribution in [3.05, 3.63) is 28.6 Å². The zero-order chi connectivity index (χ0) is 8.97. The maximum Gasteiger partial charge on any atom is 0.169 e. The molecule has 0 atom stereocenters. The Morgan fingerprint density at radius 2 is 2.42 bits per heavy atom. The maximum absolute atomic E-state index is 10.9. The molecule has 1 aromatic rings. The van der Waals surface area contributed by atoms with Crippen LogP contribution in [-0.2, 0) is 4.79 Å². The molecular weight excluding hydrogens is 220 g/mol. The minimum atomic E-state index is 0.0996. The smallest absolute Gasteiger partial charge is 0.169 e. The van der Waals surface area contributed by atoms with E-state index in [0.29, 0.717) is 16.9 Å². The number of furan rings is 1. The van der Waals surface area contributed by atoms with Gasteiger partial charge in [-0.15, -0.1) is 0 Å². The van der Waals surface area contributed by atoms with Crippen LogP contribution in [-0.4, -0.2) is 5.78 Å². The van der Waals surface area contributed by atoms with Gasteiger partial charge in [-0.25, -0.2) is 0 Å². The van der Waals surface area contributed by atoms with Gasteiger partial charge in [0.15, 0.2) is 10.5 Å². The second-order valence-corrected chi connectivity index (χ2v) is 3.08. The van der Waals surface area contributed by atoms with Crippen molar-refractivity contribution >= 4 is 27.8 Å². The molecule has 0 amide bonds. The summed E-state index contributed by atoms with van der Waals surface area (Å²) in [6.07, 6.45) is 3.71. The zero-order valence-corrected chi connectivity index (χ0v) is 8.30. The Morgan fingerprint density at radius 3 is 2.92 bits per heavy atom. The lowest BCUT2D eigenvalue weighted by molar-refractivity contribution is -0.114. The Labute approximate surface area is 79.4 Å². The molecular formula is C9H9BrO2. The van der Waals surface area contributed by atoms with Gasteiger partial charge in [0.25, 0.3) is 0 Å². The van der Waals surface area contributed by atoms with E-state index < -0.39 is 0 Å². The molecule has 1 aromatic heterocycles. The lowest BCUT2D eigenvalue weighted by atomic mass is 10.3. The summed E-state index contributed by atoms with van der Waals surface area (Å²) in [5, 5.41) is 0. The van der Waals surface area contributed by atoms with Gasteiger partial charge in [0, 0.05) is 6.42 Å². The lowest BCUT2D eigenvalue weighted by Crippen LogP contribution is -1.85. The number of rotatable bonds is 3. The van der Waals surface area contributed by atoms with Crippen LogP contribution >= 0.6 is 15.9 Å². The zero-order valence-electron chi connectivity index (χ0n) is 6.71. The lowest BCUT2D eigenvalue weighted by Gasteiger charge is -1.84. The van der Waals surface area contributed by atoms with E-state index in [2.05, 4.69) is 15.9 Å². The normalized spacial score (nSPS) is 10.8. The third-order valence-corrected chi connectivity index (χ3v) is 1.80. The number of ketones is 1. The molecule has 0 radical (unpaired) electrons. The molecule has 2 nitrogen and oxygen atoms in total. The summed E-state index contributed by atoms with van der Waals surface area (Å²) < 4.78 is 5.83. The van der Waals surface area contributed by atoms with Gasteiger partial charge in [-0.05, 0) is 40.2 Å². The van der Waals surface area contributed by atoms with E-state index in [4.69, 9.17) is 4.42 Å². The van der Waals surface area contributed by atoms with Gasteiger partial charge < -0.3 is 4.42 Å². The minimum absolute atomic E-state index is 0.0996. The van der Waals surface area contributed by atoms with Gasteiger partial charge >= 0.3 is 0 Å². The Kier molecular flexibility index (Phi) is 3.29. The molecule has 0 aliphatic heterocycles. The van der Waals surface area contributed by atoms with Crippen molar-refractivity contribution in [3.8, 4) is 0 Å². The van der Waals surface area contributed by atoms with E-state index in [9.17, 15) is 4.79 Å². The SMILES string of the molecule is CCC(=O)/C=C/c1ccc(Br)o1. The van der Waals surface area contributed by atoms with Crippen LogP contribution in [0.5, 0.6) is 0 Å². The Morgan fingerprint density at radius 1 is 1.67 bits per heavy atom. The maximum atomic E-state index is 10.9. The molecule has 0 bridgehead atoms. The molecule has 3 heteroatoms. The summed E-state index contributed by atoms with van der Waals surface area (Å²) >= 11 is 3.17. The summed E-state index contributed by atoms with van der Waals surface area (Å²) in [5.74, 6) is 0.784. The third-order valence-electron chi connectivity index (χ3n) is 1.38. The molecule has 12 heavy (non-hydrogen) atoms. The Hall–Kier alpha value is -0.830. The van der Waals surface area contributed by atoms with Crippen molar-refractivity contribution in [2.45, 2.75) is 13.3 Å². The van der Waals surface area contributed by atoms with Crippen molar-refractivity contribution < 1.29 is 9.21 Å². The summed E-state index contributed by atoms with van der Waals surface area (Å²) in [5.41, 5.74) is 0. The summed E-state index contributed by atoms with van der Waals surface area (Å²) in [6.45, 7) is 1.82. The molecule has 0 saturated heterocycles. The molecule has 1 rings (SSSR count). The van der Waals surface area contributed by atoms with Crippen LogP contribution < -0.4 is 0 Å². The molecule has 0 aliphatic rings. The van der Waals surface area contributed by atoms with E-state index >= 15 is 0 Å². The number of hydrogen-bond acceptors (Lipinski definition) is 2. The number of halogens is 1. The van der Waals surface area contributed by atoms with Crippen LogP contribution in [0.4, 0.5) is 0 Å². The first-order valence-electron chi connectivity index (χ1n) is 3.68. The van der Waals surface area contributed by atoms with Gasteiger partial charge in [0.2, 0.25) is 0 Å². The first kappa shape index (κ1) is 9.26. The Balaban J connectivity index is 2.63. The highest BCUT2D eigenvalue weighted by Gasteiger charge is 1.95. The third kappa shape index (κ3) is 2.66. The minimum Gasteiger partial charge on any atom is -0.450 e.